The normalized spacial score (nSPS) is 17.4. The lowest BCUT2D eigenvalue weighted by Crippen LogP contribution is -2.09. The monoisotopic (exact) mass is 292 g/mol. The van der Waals surface area contributed by atoms with Gasteiger partial charge in [-0.25, -0.2) is 4.79 Å². The van der Waals surface area contributed by atoms with Gasteiger partial charge < -0.3 is 5.11 Å². The van der Waals surface area contributed by atoms with Crippen molar-refractivity contribution in [3.8, 4) is 0 Å². The molecule has 0 unspecified atom stereocenters. The first-order valence-electron chi connectivity index (χ1n) is 7.45. The maximum absolute atomic E-state index is 11.2. The van der Waals surface area contributed by atoms with Crippen LogP contribution in [0.4, 0.5) is 0 Å². The van der Waals surface area contributed by atoms with Crippen LogP contribution in [-0.4, -0.2) is 20.9 Å². The topological polar surface area (TPSA) is 55.1 Å². The summed E-state index contributed by atoms with van der Waals surface area (Å²) >= 11 is 1.37. The van der Waals surface area contributed by atoms with Crippen LogP contribution < -0.4 is 0 Å². The van der Waals surface area contributed by atoms with E-state index in [0.29, 0.717) is 10.9 Å². The van der Waals surface area contributed by atoms with Crippen LogP contribution in [-0.2, 0) is 6.42 Å². The fourth-order valence-corrected chi connectivity index (χ4v) is 4.15. The zero-order valence-corrected chi connectivity index (χ0v) is 12.6. The van der Waals surface area contributed by atoms with Gasteiger partial charge in [0, 0.05) is 5.39 Å². The van der Waals surface area contributed by atoms with Crippen LogP contribution in [0.1, 0.15) is 66.9 Å². The van der Waals surface area contributed by atoms with E-state index >= 15 is 0 Å². The molecule has 0 bridgehead atoms. The van der Waals surface area contributed by atoms with Crippen molar-refractivity contribution in [3.05, 3.63) is 16.6 Å². The Kier molecular flexibility index (Phi) is 3.78. The number of rotatable bonds is 3. The van der Waals surface area contributed by atoms with E-state index in [9.17, 15) is 9.90 Å². The average Bonchev–Trinajstić information content (AvgIpc) is 2.88. The third-order valence-electron chi connectivity index (χ3n) is 4.18. The highest BCUT2D eigenvalue weighted by atomic mass is 32.1. The lowest BCUT2D eigenvalue weighted by molar-refractivity contribution is 0.0702. The number of hydrogen-bond acceptors (Lipinski definition) is 3. The highest BCUT2D eigenvalue weighted by Crippen LogP contribution is 2.35. The van der Waals surface area contributed by atoms with Gasteiger partial charge in [-0.1, -0.05) is 32.6 Å². The Hall–Kier alpha value is -1.36. The number of hydrogen-bond donors (Lipinski definition) is 1. The molecule has 1 N–H and O–H groups in total. The summed E-state index contributed by atoms with van der Waals surface area (Å²) in [7, 11) is 0. The highest BCUT2D eigenvalue weighted by molar-refractivity contribution is 7.20. The molecule has 1 fully saturated rings. The molecule has 0 amide bonds. The van der Waals surface area contributed by atoms with E-state index in [1.165, 1.54) is 49.9 Å². The minimum Gasteiger partial charge on any atom is -0.477 e. The Bertz CT molecular complexity index is 621. The summed E-state index contributed by atoms with van der Waals surface area (Å²) in [6, 6.07) is 2.24. The fourth-order valence-electron chi connectivity index (χ4n) is 3.10. The molecule has 0 radical (unpaired) electrons. The first-order valence-corrected chi connectivity index (χ1v) is 8.26. The van der Waals surface area contributed by atoms with Gasteiger partial charge in [-0.05, 0) is 25.3 Å². The number of aryl methyl sites for hydroxylation is 1. The summed E-state index contributed by atoms with van der Waals surface area (Å²) in [6.45, 7) is 2.08. The van der Waals surface area contributed by atoms with Crippen molar-refractivity contribution in [1.82, 2.24) is 9.78 Å². The molecule has 2 aromatic rings. The summed E-state index contributed by atoms with van der Waals surface area (Å²) in [4.78, 5) is 12.7. The minimum absolute atomic E-state index is 0.425. The molecule has 2 heterocycles. The standard InChI is InChI=1S/C15H20N2O2S/c1-2-12-11-9-13(15(18)19)20-14(11)17(16-12)10-7-5-3-4-6-8-10/h9-10H,2-8H2,1H3,(H,18,19). The lowest BCUT2D eigenvalue weighted by atomic mass is 10.1. The predicted octanol–water partition coefficient (Wildman–Crippen LogP) is 4.25. The number of aromatic carboxylic acids is 1. The Labute approximate surface area is 122 Å². The molecule has 0 aromatic carbocycles. The van der Waals surface area contributed by atoms with Gasteiger partial charge in [0.1, 0.15) is 9.71 Å². The van der Waals surface area contributed by atoms with Gasteiger partial charge in [-0.3, -0.25) is 4.68 Å². The Morgan fingerprint density at radius 3 is 2.70 bits per heavy atom. The third kappa shape index (κ3) is 2.35. The van der Waals surface area contributed by atoms with E-state index in [-0.39, 0.29) is 0 Å². The van der Waals surface area contributed by atoms with E-state index in [4.69, 9.17) is 5.10 Å². The maximum Gasteiger partial charge on any atom is 0.345 e. The van der Waals surface area contributed by atoms with Crippen LogP contribution in [0.3, 0.4) is 0 Å². The van der Waals surface area contributed by atoms with Crippen LogP contribution in [0, 0.1) is 0 Å². The summed E-state index contributed by atoms with van der Waals surface area (Å²) in [5.74, 6) is -0.833. The number of carbonyl (C=O) groups is 1. The van der Waals surface area contributed by atoms with Crippen molar-refractivity contribution in [2.75, 3.05) is 0 Å². The second kappa shape index (κ2) is 5.56. The van der Waals surface area contributed by atoms with Gasteiger partial charge in [0.25, 0.3) is 0 Å². The summed E-state index contributed by atoms with van der Waals surface area (Å²) in [6.07, 6.45) is 8.32. The van der Waals surface area contributed by atoms with Crippen molar-refractivity contribution in [2.24, 2.45) is 0 Å². The first kappa shape index (κ1) is 13.6. The molecule has 0 atom stereocenters. The molecular formula is C15H20N2O2S. The Morgan fingerprint density at radius 1 is 1.40 bits per heavy atom. The molecule has 1 aliphatic carbocycles. The molecule has 20 heavy (non-hydrogen) atoms. The van der Waals surface area contributed by atoms with Gasteiger partial charge in [0.15, 0.2) is 0 Å². The van der Waals surface area contributed by atoms with Crippen LogP contribution in [0.2, 0.25) is 0 Å². The van der Waals surface area contributed by atoms with Gasteiger partial charge in [-0.15, -0.1) is 11.3 Å². The molecule has 0 spiro atoms. The lowest BCUT2D eigenvalue weighted by Gasteiger charge is -2.15. The Morgan fingerprint density at radius 2 is 2.10 bits per heavy atom. The van der Waals surface area contributed by atoms with Gasteiger partial charge in [0.05, 0.1) is 11.7 Å². The van der Waals surface area contributed by atoms with Crippen LogP contribution in [0.25, 0.3) is 10.2 Å². The van der Waals surface area contributed by atoms with E-state index < -0.39 is 5.97 Å². The highest BCUT2D eigenvalue weighted by Gasteiger charge is 2.22. The van der Waals surface area contributed by atoms with Gasteiger partial charge >= 0.3 is 5.97 Å². The van der Waals surface area contributed by atoms with E-state index in [1.807, 2.05) is 0 Å². The summed E-state index contributed by atoms with van der Waals surface area (Å²) in [5.41, 5.74) is 1.04. The molecule has 0 saturated heterocycles. The number of carboxylic acids is 1. The molecular weight excluding hydrogens is 272 g/mol. The third-order valence-corrected chi connectivity index (χ3v) is 5.29. The first-order chi connectivity index (χ1) is 9.70. The molecule has 3 rings (SSSR count). The van der Waals surface area contributed by atoms with Gasteiger partial charge in [-0.2, -0.15) is 5.10 Å². The molecule has 108 valence electrons. The second-order valence-corrected chi connectivity index (χ2v) is 6.56. The van der Waals surface area contributed by atoms with Crippen LogP contribution >= 0.6 is 11.3 Å². The maximum atomic E-state index is 11.2. The molecule has 1 aliphatic rings. The average molecular weight is 292 g/mol. The summed E-state index contributed by atoms with van der Waals surface area (Å²) < 4.78 is 2.12. The smallest absolute Gasteiger partial charge is 0.345 e. The Balaban J connectivity index is 2.06. The van der Waals surface area contributed by atoms with Gasteiger partial charge in [0.2, 0.25) is 0 Å². The zero-order chi connectivity index (χ0) is 14.1. The van der Waals surface area contributed by atoms with Crippen LogP contribution in [0.15, 0.2) is 6.07 Å². The quantitative estimate of drug-likeness (QED) is 0.860. The fraction of sp³-hybridized carbons (Fsp3) is 0.600. The molecule has 0 aliphatic heterocycles. The molecule has 1 saturated carbocycles. The van der Waals surface area contributed by atoms with Crippen molar-refractivity contribution < 1.29 is 9.90 Å². The van der Waals surface area contributed by atoms with Crippen molar-refractivity contribution in [1.29, 1.82) is 0 Å². The molecule has 2 aromatic heterocycles. The van der Waals surface area contributed by atoms with E-state index in [2.05, 4.69) is 11.6 Å². The van der Waals surface area contributed by atoms with Crippen molar-refractivity contribution >= 4 is 27.5 Å². The van der Waals surface area contributed by atoms with E-state index in [1.54, 1.807) is 6.07 Å². The number of nitrogens with zero attached hydrogens (tertiary/aromatic N) is 2. The SMILES string of the molecule is CCc1nn(C2CCCCCC2)c2sc(C(=O)O)cc12. The zero-order valence-electron chi connectivity index (χ0n) is 11.8. The minimum atomic E-state index is -0.833. The van der Waals surface area contributed by atoms with Crippen molar-refractivity contribution in [2.45, 2.75) is 57.9 Å². The van der Waals surface area contributed by atoms with E-state index in [0.717, 1.165) is 22.3 Å². The summed E-state index contributed by atoms with van der Waals surface area (Å²) in [5, 5.41) is 15.0. The number of aromatic nitrogens is 2. The molecule has 4 nitrogen and oxygen atoms in total. The molecule has 5 heteroatoms. The number of carboxylic acid groups (broad SMARTS) is 1. The number of thiophene rings is 1. The van der Waals surface area contributed by atoms with Crippen molar-refractivity contribution in [3.63, 3.8) is 0 Å². The number of fused-ring (bicyclic) bond motifs is 1. The largest absolute Gasteiger partial charge is 0.477 e. The van der Waals surface area contributed by atoms with Crippen LogP contribution in [0.5, 0.6) is 0 Å². The second-order valence-electron chi connectivity index (χ2n) is 5.52. The predicted molar refractivity (Wildman–Crippen MR) is 80.7 cm³/mol.